The molecule has 3 aliphatic carbocycles. The molecular formula is C17H21ClFN3O3. The van der Waals surface area contributed by atoms with Crippen molar-refractivity contribution in [1.29, 1.82) is 0 Å². The lowest BCUT2D eigenvalue weighted by molar-refractivity contribution is -0.154. The summed E-state index contributed by atoms with van der Waals surface area (Å²) < 4.78 is 19.8. The van der Waals surface area contributed by atoms with E-state index in [2.05, 4.69) is 15.3 Å². The number of carbonyl (C=O) groups excluding carboxylic acids is 2. The van der Waals surface area contributed by atoms with Gasteiger partial charge in [0.15, 0.2) is 17.4 Å². The number of esters is 1. The van der Waals surface area contributed by atoms with Crippen molar-refractivity contribution in [2.75, 3.05) is 11.9 Å². The van der Waals surface area contributed by atoms with Crippen LogP contribution in [0.25, 0.3) is 0 Å². The zero-order valence-electron chi connectivity index (χ0n) is 14.2. The minimum absolute atomic E-state index is 0.128. The Morgan fingerprint density at radius 1 is 1.24 bits per heavy atom. The first kappa shape index (κ1) is 18.0. The van der Waals surface area contributed by atoms with Crippen LogP contribution in [0.4, 0.5) is 10.2 Å². The number of hydrogen-bond acceptors (Lipinski definition) is 6. The van der Waals surface area contributed by atoms with Gasteiger partial charge < -0.3 is 10.1 Å². The molecule has 6 nitrogen and oxygen atoms in total. The normalized spacial score (nSPS) is 27.8. The Balaban J connectivity index is 1.92. The lowest BCUT2D eigenvalue weighted by Crippen LogP contribution is -2.52. The molecular weight excluding hydrogens is 349 g/mol. The van der Waals surface area contributed by atoms with Crippen LogP contribution in [0.15, 0.2) is 0 Å². The van der Waals surface area contributed by atoms with Crippen LogP contribution in [-0.4, -0.2) is 34.4 Å². The molecule has 0 aliphatic heterocycles. The summed E-state index contributed by atoms with van der Waals surface area (Å²) in [6, 6.07) is -0.285. The zero-order chi connectivity index (χ0) is 18.1. The van der Waals surface area contributed by atoms with Crippen LogP contribution in [0.3, 0.4) is 0 Å². The van der Waals surface area contributed by atoms with E-state index in [1.54, 1.807) is 6.92 Å². The Hall–Kier alpha value is -1.76. The van der Waals surface area contributed by atoms with Crippen molar-refractivity contribution in [3.05, 3.63) is 16.8 Å². The van der Waals surface area contributed by atoms with Gasteiger partial charge in [0.1, 0.15) is 5.69 Å². The summed E-state index contributed by atoms with van der Waals surface area (Å²) in [5, 5.41) is 2.84. The number of rotatable bonds is 5. The summed E-state index contributed by atoms with van der Waals surface area (Å²) in [5.74, 6) is -1.65. The molecule has 1 aromatic heterocycles. The van der Waals surface area contributed by atoms with E-state index in [-0.39, 0.29) is 46.6 Å². The van der Waals surface area contributed by atoms with Gasteiger partial charge in [0, 0.05) is 13.0 Å². The number of nitrogens with one attached hydrogen (secondary N) is 1. The maximum Gasteiger partial charge on any atom is 0.311 e. The van der Waals surface area contributed by atoms with E-state index in [1.807, 2.05) is 0 Å². The number of hydrogen-bond donors (Lipinski definition) is 1. The van der Waals surface area contributed by atoms with Crippen LogP contribution in [0.5, 0.6) is 0 Å². The zero-order valence-corrected chi connectivity index (χ0v) is 15.0. The average molecular weight is 370 g/mol. The molecule has 2 bridgehead atoms. The van der Waals surface area contributed by atoms with Crippen LogP contribution in [0, 0.1) is 23.6 Å². The molecule has 1 heterocycles. The van der Waals surface area contributed by atoms with E-state index in [1.165, 1.54) is 6.92 Å². The van der Waals surface area contributed by atoms with Crippen molar-refractivity contribution in [1.82, 2.24) is 9.97 Å². The van der Waals surface area contributed by atoms with Crippen molar-refractivity contribution in [3.63, 3.8) is 0 Å². The van der Waals surface area contributed by atoms with Crippen LogP contribution in [0.1, 0.15) is 50.0 Å². The maximum atomic E-state index is 14.6. The average Bonchev–Trinajstić information content (AvgIpc) is 2.58. The molecule has 0 amide bonds. The van der Waals surface area contributed by atoms with E-state index < -0.39 is 11.6 Å². The molecule has 136 valence electrons. The fourth-order valence-corrected chi connectivity index (χ4v) is 4.31. The molecule has 8 heteroatoms. The molecule has 0 saturated heterocycles. The molecule has 1 N–H and O–H groups in total. The smallest absolute Gasteiger partial charge is 0.311 e. The molecule has 25 heavy (non-hydrogen) atoms. The number of ketones is 1. The number of ether oxygens (including phenoxy) is 1. The van der Waals surface area contributed by atoms with Gasteiger partial charge in [-0.25, -0.2) is 9.37 Å². The predicted octanol–water partition coefficient (Wildman–Crippen LogP) is 3.25. The summed E-state index contributed by atoms with van der Waals surface area (Å²) in [4.78, 5) is 31.6. The SMILES string of the molecule is CCOC(=O)[C@H]1C2CCC(CC2)[C@@H]1Nc1nc(Cl)nc(C(C)=O)c1F. The molecule has 0 aromatic carbocycles. The van der Waals surface area contributed by atoms with Crippen molar-refractivity contribution >= 4 is 29.2 Å². The van der Waals surface area contributed by atoms with Gasteiger partial charge in [-0.3, -0.25) is 9.59 Å². The number of aromatic nitrogens is 2. The standard InChI is InChI=1S/C17H21ClFN3O3/c1-3-25-16(24)11-9-4-6-10(7-5-9)14(11)20-15-12(19)13(8(2)23)21-17(18)22-15/h9-11,14H,3-7H2,1-2H3,(H,20,21,22)/t9?,10?,11-,14-/m0/s1. The van der Waals surface area contributed by atoms with Crippen molar-refractivity contribution < 1.29 is 18.7 Å². The number of nitrogens with zero attached hydrogens (tertiary/aromatic N) is 2. The lowest BCUT2D eigenvalue weighted by atomic mass is 9.61. The highest BCUT2D eigenvalue weighted by molar-refractivity contribution is 6.28. The monoisotopic (exact) mass is 369 g/mol. The van der Waals surface area contributed by atoms with Crippen LogP contribution in [0.2, 0.25) is 5.28 Å². The van der Waals surface area contributed by atoms with E-state index in [0.717, 1.165) is 25.7 Å². The van der Waals surface area contributed by atoms with Gasteiger partial charge in [0.25, 0.3) is 0 Å². The topological polar surface area (TPSA) is 81.2 Å². The Kier molecular flexibility index (Phi) is 5.22. The van der Waals surface area contributed by atoms with Gasteiger partial charge in [-0.1, -0.05) is 0 Å². The van der Waals surface area contributed by atoms with Crippen molar-refractivity contribution in [3.8, 4) is 0 Å². The summed E-state index contributed by atoms with van der Waals surface area (Å²) in [6.45, 7) is 3.29. The summed E-state index contributed by atoms with van der Waals surface area (Å²) >= 11 is 5.84. The fourth-order valence-electron chi connectivity index (χ4n) is 4.14. The van der Waals surface area contributed by atoms with Crippen LogP contribution in [-0.2, 0) is 9.53 Å². The molecule has 0 radical (unpaired) electrons. The van der Waals surface area contributed by atoms with E-state index in [4.69, 9.17) is 16.3 Å². The quantitative estimate of drug-likeness (QED) is 0.487. The maximum absolute atomic E-state index is 14.6. The molecule has 0 spiro atoms. The van der Waals surface area contributed by atoms with Gasteiger partial charge in [-0.2, -0.15) is 4.98 Å². The Morgan fingerprint density at radius 2 is 1.88 bits per heavy atom. The second-order valence-corrected chi connectivity index (χ2v) is 7.02. The third-order valence-corrected chi connectivity index (χ3v) is 5.41. The van der Waals surface area contributed by atoms with Gasteiger partial charge in [0.05, 0.1) is 12.5 Å². The highest BCUT2D eigenvalue weighted by Gasteiger charge is 2.48. The largest absolute Gasteiger partial charge is 0.466 e. The van der Waals surface area contributed by atoms with Crippen molar-refractivity contribution in [2.24, 2.45) is 17.8 Å². The number of fused-ring (bicyclic) bond motifs is 3. The third kappa shape index (κ3) is 3.47. The summed E-state index contributed by atoms with van der Waals surface area (Å²) in [6.07, 6.45) is 3.88. The second kappa shape index (κ2) is 7.23. The first-order valence-corrected chi connectivity index (χ1v) is 8.97. The van der Waals surface area contributed by atoms with Crippen LogP contribution < -0.4 is 5.32 Å². The Bertz CT molecular complexity index is 692. The van der Waals surface area contributed by atoms with Gasteiger partial charge in [-0.15, -0.1) is 0 Å². The van der Waals surface area contributed by atoms with E-state index in [9.17, 15) is 14.0 Å². The molecule has 3 saturated carbocycles. The minimum atomic E-state index is -0.832. The van der Waals surface area contributed by atoms with E-state index >= 15 is 0 Å². The molecule has 1 aromatic rings. The number of halogens is 2. The molecule has 2 atom stereocenters. The first-order valence-electron chi connectivity index (χ1n) is 8.59. The highest BCUT2D eigenvalue weighted by Crippen LogP contribution is 2.46. The number of carbonyl (C=O) groups is 2. The molecule has 4 rings (SSSR count). The summed E-state index contributed by atoms with van der Waals surface area (Å²) in [5.41, 5.74) is -0.351. The second-order valence-electron chi connectivity index (χ2n) is 6.68. The Morgan fingerprint density at radius 3 is 2.48 bits per heavy atom. The van der Waals surface area contributed by atoms with Gasteiger partial charge >= 0.3 is 5.97 Å². The number of Topliss-reactive ketones (excluding diaryl/α,β-unsaturated/α-hetero) is 1. The fraction of sp³-hybridized carbons (Fsp3) is 0.647. The van der Waals surface area contributed by atoms with E-state index in [0.29, 0.717) is 6.61 Å². The summed E-state index contributed by atoms with van der Waals surface area (Å²) in [7, 11) is 0. The van der Waals surface area contributed by atoms with Crippen LogP contribution >= 0.6 is 11.6 Å². The van der Waals surface area contributed by atoms with Gasteiger partial charge in [0.2, 0.25) is 5.28 Å². The first-order chi connectivity index (χ1) is 11.9. The minimum Gasteiger partial charge on any atom is -0.466 e. The molecule has 3 fully saturated rings. The van der Waals surface area contributed by atoms with Gasteiger partial charge in [-0.05, 0) is 56.0 Å². The Labute approximate surface area is 150 Å². The molecule has 3 aliphatic rings. The van der Waals surface area contributed by atoms with Crippen molar-refractivity contribution in [2.45, 2.75) is 45.6 Å². The predicted molar refractivity (Wildman–Crippen MR) is 90.0 cm³/mol. The third-order valence-electron chi connectivity index (χ3n) is 5.24. The molecule has 0 unspecified atom stereocenters. The number of anilines is 1. The lowest BCUT2D eigenvalue weighted by Gasteiger charge is -2.47. The highest BCUT2D eigenvalue weighted by atomic mass is 35.5.